The molecule has 9 heteroatoms. The number of carbonyl (C=O) groups is 1. The molecule has 0 unspecified atom stereocenters. The molecule has 0 bridgehead atoms. The van der Waals surface area contributed by atoms with Gasteiger partial charge >= 0.3 is 5.97 Å². The summed E-state index contributed by atoms with van der Waals surface area (Å²) in [6, 6.07) is 12.9. The number of aromatic nitrogens is 2. The van der Waals surface area contributed by atoms with Crippen LogP contribution < -0.4 is 4.74 Å². The quantitative estimate of drug-likeness (QED) is 0.264. The summed E-state index contributed by atoms with van der Waals surface area (Å²) in [5.74, 6) is 0.569. The molecule has 142 valence electrons. The topological polar surface area (TPSA) is 118 Å². The highest BCUT2D eigenvalue weighted by Crippen LogP contribution is 2.20. The van der Waals surface area contributed by atoms with Crippen LogP contribution in [0.3, 0.4) is 0 Å². The molecule has 3 rings (SSSR count). The summed E-state index contributed by atoms with van der Waals surface area (Å²) in [7, 11) is 1.57. The number of non-ortho nitro benzene ring substituents is 1. The van der Waals surface area contributed by atoms with Gasteiger partial charge < -0.3 is 14.0 Å². The third kappa shape index (κ3) is 4.79. The fraction of sp³-hybridized carbons (Fsp3) is 0.105. The molecule has 0 fully saturated rings. The molecule has 0 aliphatic heterocycles. The lowest BCUT2D eigenvalue weighted by Gasteiger charge is -1.99. The first-order valence-corrected chi connectivity index (χ1v) is 8.11. The Balaban J connectivity index is 1.57. The largest absolute Gasteiger partial charge is 0.497 e. The average molecular weight is 381 g/mol. The van der Waals surface area contributed by atoms with Crippen molar-refractivity contribution >= 4 is 17.7 Å². The summed E-state index contributed by atoms with van der Waals surface area (Å²) >= 11 is 0. The van der Waals surface area contributed by atoms with Gasteiger partial charge in [0.2, 0.25) is 5.82 Å². The Kier molecular flexibility index (Phi) is 5.75. The van der Waals surface area contributed by atoms with Crippen LogP contribution in [0, 0.1) is 10.1 Å². The maximum Gasteiger partial charge on any atom is 0.331 e. The van der Waals surface area contributed by atoms with E-state index in [0.29, 0.717) is 22.8 Å². The lowest BCUT2D eigenvalue weighted by Crippen LogP contribution is -2.02. The number of nitro groups is 1. The molecule has 9 nitrogen and oxygen atoms in total. The van der Waals surface area contributed by atoms with Gasteiger partial charge in [-0.2, -0.15) is 4.98 Å². The number of rotatable bonds is 7. The SMILES string of the molecule is COc1ccc(-c2nc(COC(=O)C=Cc3cccc([N+](=O)[O-])c3)no2)cc1. The molecule has 0 saturated heterocycles. The minimum absolute atomic E-state index is 0.0617. The Morgan fingerprint density at radius 3 is 2.75 bits per heavy atom. The van der Waals surface area contributed by atoms with E-state index in [1.54, 1.807) is 37.4 Å². The van der Waals surface area contributed by atoms with Crippen LogP contribution in [0.25, 0.3) is 17.5 Å². The van der Waals surface area contributed by atoms with Crippen LogP contribution in [0.15, 0.2) is 59.1 Å². The molecule has 3 aromatic rings. The van der Waals surface area contributed by atoms with E-state index in [1.807, 2.05) is 0 Å². The van der Waals surface area contributed by atoms with Crippen molar-refractivity contribution in [3.05, 3.63) is 76.1 Å². The molecular weight excluding hydrogens is 366 g/mol. The summed E-state index contributed by atoms with van der Waals surface area (Å²) in [6.45, 7) is -0.169. The van der Waals surface area contributed by atoms with Crippen molar-refractivity contribution in [1.82, 2.24) is 10.1 Å². The van der Waals surface area contributed by atoms with Crippen LogP contribution in [0.2, 0.25) is 0 Å². The number of carbonyl (C=O) groups excluding carboxylic acids is 1. The smallest absolute Gasteiger partial charge is 0.331 e. The van der Waals surface area contributed by atoms with Gasteiger partial charge in [0.25, 0.3) is 11.6 Å². The number of methoxy groups -OCH3 is 1. The molecule has 0 N–H and O–H groups in total. The van der Waals surface area contributed by atoms with Crippen LogP contribution in [-0.4, -0.2) is 28.1 Å². The van der Waals surface area contributed by atoms with Crippen molar-refractivity contribution in [3.63, 3.8) is 0 Å². The first kappa shape index (κ1) is 18.8. The number of ether oxygens (including phenoxy) is 2. The van der Waals surface area contributed by atoms with Crippen LogP contribution in [0.1, 0.15) is 11.4 Å². The Bertz CT molecular complexity index is 1010. The normalized spacial score (nSPS) is 10.8. The lowest BCUT2D eigenvalue weighted by atomic mass is 10.2. The van der Waals surface area contributed by atoms with E-state index < -0.39 is 10.9 Å². The molecule has 0 radical (unpaired) electrons. The van der Waals surface area contributed by atoms with Crippen molar-refractivity contribution in [2.75, 3.05) is 7.11 Å². The molecule has 0 aliphatic rings. The molecule has 0 saturated carbocycles. The molecule has 1 aromatic heterocycles. The third-order valence-corrected chi connectivity index (χ3v) is 3.64. The summed E-state index contributed by atoms with van der Waals surface area (Å²) in [5, 5.41) is 14.5. The van der Waals surface area contributed by atoms with Gasteiger partial charge in [0.1, 0.15) is 5.75 Å². The van der Waals surface area contributed by atoms with E-state index in [-0.39, 0.29) is 18.1 Å². The number of hydrogen-bond acceptors (Lipinski definition) is 8. The predicted octanol–water partition coefficient (Wildman–Crippen LogP) is 3.41. The van der Waals surface area contributed by atoms with E-state index in [1.165, 1.54) is 30.4 Å². The zero-order chi connectivity index (χ0) is 19.9. The minimum Gasteiger partial charge on any atom is -0.497 e. The van der Waals surface area contributed by atoms with Gasteiger partial charge in [-0.15, -0.1) is 0 Å². The van der Waals surface area contributed by atoms with Gasteiger partial charge in [0.05, 0.1) is 12.0 Å². The summed E-state index contributed by atoms with van der Waals surface area (Å²) in [5.41, 5.74) is 1.15. The Morgan fingerprint density at radius 1 is 1.25 bits per heavy atom. The van der Waals surface area contributed by atoms with Crippen LogP contribution in [0.4, 0.5) is 5.69 Å². The monoisotopic (exact) mass is 381 g/mol. The van der Waals surface area contributed by atoms with Gasteiger partial charge in [-0.25, -0.2) is 4.79 Å². The molecule has 0 atom stereocenters. The van der Waals surface area contributed by atoms with Gasteiger partial charge in [0.15, 0.2) is 6.61 Å². The lowest BCUT2D eigenvalue weighted by molar-refractivity contribution is -0.384. The number of nitrogens with zero attached hydrogens (tertiary/aromatic N) is 3. The summed E-state index contributed by atoms with van der Waals surface area (Å²) in [6.07, 6.45) is 2.60. The number of esters is 1. The molecule has 0 aliphatic carbocycles. The molecule has 28 heavy (non-hydrogen) atoms. The third-order valence-electron chi connectivity index (χ3n) is 3.64. The van der Waals surface area contributed by atoms with E-state index in [4.69, 9.17) is 14.0 Å². The van der Waals surface area contributed by atoms with Crippen molar-refractivity contribution in [2.24, 2.45) is 0 Å². The van der Waals surface area contributed by atoms with Crippen molar-refractivity contribution in [1.29, 1.82) is 0 Å². The highest BCUT2D eigenvalue weighted by atomic mass is 16.6. The van der Waals surface area contributed by atoms with Crippen LogP contribution in [0.5, 0.6) is 5.75 Å². The first-order valence-electron chi connectivity index (χ1n) is 8.11. The fourth-order valence-corrected chi connectivity index (χ4v) is 2.25. The van der Waals surface area contributed by atoms with Crippen LogP contribution >= 0.6 is 0 Å². The second-order valence-electron chi connectivity index (χ2n) is 5.54. The maximum atomic E-state index is 11.8. The second-order valence-corrected chi connectivity index (χ2v) is 5.54. The number of nitro benzene ring substituents is 1. The minimum atomic E-state index is -0.637. The fourth-order valence-electron chi connectivity index (χ4n) is 2.25. The number of hydrogen-bond donors (Lipinski definition) is 0. The molecular formula is C19H15N3O6. The average Bonchev–Trinajstić information content (AvgIpc) is 3.20. The Labute approximate surface area is 159 Å². The summed E-state index contributed by atoms with van der Waals surface area (Å²) in [4.78, 5) is 26.2. The highest BCUT2D eigenvalue weighted by Gasteiger charge is 2.10. The number of benzene rings is 2. The zero-order valence-corrected chi connectivity index (χ0v) is 14.8. The Hall–Kier alpha value is -4.01. The van der Waals surface area contributed by atoms with E-state index in [9.17, 15) is 14.9 Å². The predicted molar refractivity (Wildman–Crippen MR) is 98.2 cm³/mol. The molecule has 2 aromatic carbocycles. The van der Waals surface area contributed by atoms with Crippen molar-refractivity contribution in [3.8, 4) is 17.2 Å². The van der Waals surface area contributed by atoms with E-state index in [0.717, 1.165) is 0 Å². The highest BCUT2D eigenvalue weighted by molar-refractivity contribution is 5.87. The van der Waals surface area contributed by atoms with Crippen LogP contribution in [-0.2, 0) is 16.1 Å². The molecule has 0 amide bonds. The van der Waals surface area contributed by atoms with Gasteiger partial charge in [0, 0.05) is 23.8 Å². The maximum absolute atomic E-state index is 11.8. The van der Waals surface area contributed by atoms with Gasteiger partial charge in [-0.05, 0) is 35.9 Å². The van der Waals surface area contributed by atoms with Crippen molar-refractivity contribution < 1.29 is 23.7 Å². The van der Waals surface area contributed by atoms with Crippen molar-refractivity contribution in [2.45, 2.75) is 6.61 Å². The standard InChI is InChI=1S/C19H15N3O6/c1-26-16-8-6-14(7-9-16)19-20-17(21-28-19)12-27-18(23)10-5-13-3-2-4-15(11-13)22(24)25/h2-11H,12H2,1H3. The molecule has 0 spiro atoms. The van der Waals surface area contributed by atoms with E-state index in [2.05, 4.69) is 10.1 Å². The first-order chi connectivity index (χ1) is 13.5. The second kappa shape index (κ2) is 8.58. The molecule has 1 heterocycles. The zero-order valence-electron chi connectivity index (χ0n) is 14.8. The Morgan fingerprint density at radius 2 is 2.04 bits per heavy atom. The van der Waals surface area contributed by atoms with Gasteiger partial charge in [-0.3, -0.25) is 10.1 Å². The van der Waals surface area contributed by atoms with Gasteiger partial charge in [-0.1, -0.05) is 17.3 Å². The summed E-state index contributed by atoms with van der Waals surface area (Å²) < 4.78 is 15.3. The van der Waals surface area contributed by atoms with E-state index >= 15 is 0 Å².